The number of Topliss-reactive ketones (excluding diaryl/α,β-unsaturated/α-hetero) is 1. The standard InChI is InChI=1S/C10H9NO4/c11-10-8(14)7(13)9(15-10)5-2-1-3-6(12)4-5/h1-4,9,12,14H,11H2/t9-/m0/s1. The number of phenols is 1. The smallest absolute Gasteiger partial charge is 0.247 e. The summed E-state index contributed by atoms with van der Waals surface area (Å²) in [6.45, 7) is 0. The van der Waals surface area contributed by atoms with Gasteiger partial charge in [0.05, 0.1) is 0 Å². The van der Waals surface area contributed by atoms with Gasteiger partial charge < -0.3 is 20.7 Å². The van der Waals surface area contributed by atoms with E-state index in [-0.39, 0.29) is 11.6 Å². The van der Waals surface area contributed by atoms with Gasteiger partial charge in [-0.2, -0.15) is 0 Å². The number of aromatic hydroxyl groups is 1. The van der Waals surface area contributed by atoms with Crippen LogP contribution in [-0.4, -0.2) is 16.0 Å². The first-order valence-corrected chi connectivity index (χ1v) is 4.28. The lowest BCUT2D eigenvalue weighted by Crippen LogP contribution is -2.09. The van der Waals surface area contributed by atoms with E-state index in [1.807, 2.05) is 0 Å². The molecule has 0 aliphatic carbocycles. The van der Waals surface area contributed by atoms with Gasteiger partial charge in [0, 0.05) is 5.56 Å². The Hall–Kier alpha value is -2.17. The molecule has 5 nitrogen and oxygen atoms in total. The summed E-state index contributed by atoms with van der Waals surface area (Å²) in [5.74, 6) is -1.43. The van der Waals surface area contributed by atoms with Crippen molar-refractivity contribution in [3.05, 3.63) is 41.5 Å². The third-order valence-electron chi connectivity index (χ3n) is 2.12. The lowest BCUT2D eigenvalue weighted by molar-refractivity contribution is -0.123. The number of nitrogens with two attached hydrogens (primary N) is 1. The van der Waals surface area contributed by atoms with E-state index in [9.17, 15) is 15.0 Å². The van der Waals surface area contributed by atoms with Crippen molar-refractivity contribution in [3.63, 3.8) is 0 Å². The predicted molar refractivity (Wildman–Crippen MR) is 50.8 cm³/mol. The minimum atomic E-state index is -0.961. The lowest BCUT2D eigenvalue weighted by Gasteiger charge is -2.09. The van der Waals surface area contributed by atoms with Crippen LogP contribution in [0.15, 0.2) is 35.9 Å². The van der Waals surface area contributed by atoms with E-state index >= 15 is 0 Å². The molecule has 1 aromatic carbocycles. The Morgan fingerprint density at radius 1 is 1.33 bits per heavy atom. The molecule has 1 aliphatic heterocycles. The van der Waals surface area contributed by atoms with Crippen molar-refractivity contribution in [1.29, 1.82) is 0 Å². The molecule has 0 saturated carbocycles. The fourth-order valence-corrected chi connectivity index (χ4v) is 1.39. The summed E-state index contributed by atoms with van der Waals surface area (Å²) in [5.41, 5.74) is 5.71. The molecule has 2 rings (SSSR count). The summed E-state index contributed by atoms with van der Waals surface area (Å²) in [6.07, 6.45) is -0.961. The molecular weight excluding hydrogens is 198 g/mol. The Bertz CT molecular complexity index is 452. The second kappa shape index (κ2) is 3.20. The Morgan fingerprint density at radius 3 is 2.60 bits per heavy atom. The van der Waals surface area contributed by atoms with Crippen LogP contribution in [0, 0.1) is 0 Å². The molecule has 5 heteroatoms. The van der Waals surface area contributed by atoms with Crippen molar-refractivity contribution in [2.75, 3.05) is 0 Å². The van der Waals surface area contributed by atoms with Crippen LogP contribution in [0.2, 0.25) is 0 Å². The molecule has 0 unspecified atom stereocenters. The average Bonchev–Trinajstić information content (AvgIpc) is 2.46. The highest BCUT2D eigenvalue weighted by molar-refractivity contribution is 5.99. The van der Waals surface area contributed by atoms with E-state index in [0.717, 1.165) is 0 Å². The molecule has 0 saturated heterocycles. The molecule has 0 fully saturated rings. The van der Waals surface area contributed by atoms with Gasteiger partial charge in [-0.15, -0.1) is 0 Å². The third kappa shape index (κ3) is 1.48. The van der Waals surface area contributed by atoms with Crippen molar-refractivity contribution in [2.24, 2.45) is 5.73 Å². The van der Waals surface area contributed by atoms with Gasteiger partial charge in [0.2, 0.25) is 17.4 Å². The summed E-state index contributed by atoms with van der Waals surface area (Å²) < 4.78 is 4.97. The molecule has 0 aromatic heterocycles. The fourth-order valence-electron chi connectivity index (χ4n) is 1.39. The number of ketones is 1. The molecular formula is C10H9NO4. The number of benzene rings is 1. The Morgan fingerprint density at radius 2 is 2.07 bits per heavy atom. The monoisotopic (exact) mass is 207 g/mol. The molecule has 1 atom stereocenters. The van der Waals surface area contributed by atoms with Gasteiger partial charge in [0.1, 0.15) is 5.75 Å². The van der Waals surface area contributed by atoms with E-state index in [0.29, 0.717) is 5.56 Å². The number of aliphatic hydroxyl groups is 1. The van der Waals surface area contributed by atoms with Crippen LogP contribution in [0.5, 0.6) is 5.75 Å². The van der Waals surface area contributed by atoms with Crippen LogP contribution >= 0.6 is 0 Å². The maximum absolute atomic E-state index is 11.4. The minimum Gasteiger partial charge on any atom is -0.508 e. The van der Waals surface area contributed by atoms with Gasteiger partial charge in [-0.3, -0.25) is 4.79 Å². The molecule has 0 amide bonds. The van der Waals surface area contributed by atoms with Crippen LogP contribution in [-0.2, 0) is 9.53 Å². The highest BCUT2D eigenvalue weighted by atomic mass is 16.5. The maximum atomic E-state index is 11.4. The number of aliphatic hydroxyl groups excluding tert-OH is 1. The number of hydrogen-bond donors (Lipinski definition) is 3. The molecule has 0 spiro atoms. The van der Waals surface area contributed by atoms with Gasteiger partial charge >= 0.3 is 0 Å². The fraction of sp³-hybridized carbons (Fsp3) is 0.100. The molecule has 1 heterocycles. The molecule has 1 aliphatic rings. The SMILES string of the molecule is NC1=C(O)C(=O)[C@H](c2cccc(O)c2)O1. The Kier molecular flexibility index (Phi) is 2.00. The van der Waals surface area contributed by atoms with Gasteiger partial charge in [-0.1, -0.05) is 12.1 Å². The van der Waals surface area contributed by atoms with Crippen molar-refractivity contribution >= 4 is 5.78 Å². The second-order valence-electron chi connectivity index (χ2n) is 3.17. The number of ether oxygens (including phenoxy) is 1. The Labute approximate surface area is 85.4 Å². The van der Waals surface area contributed by atoms with Crippen LogP contribution in [0.3, 0.4) is 0 Å². The second-order valence-corrected chi connectivity index (χ2v) is 3.17. The molecule has 1 aromatic rings. The number of hydrogen-bond acceptors (Lipinski definition) is 5. The largest absolute Gasteiger partial charge is 0.508 e. The zero-order chi connectivity index (χ0) is 11.0. The molecule has 0 radical (unpaired) electrons. The average molecular weight is 207 g/mol. The zero-order valence-corrected chi connectivity index (χ0v) is 7.68. The summed E-state index contributed by atoms with van der Waals surface area (Å²) in [5, 5.41) is 18.4. The van der Waals surface area contributed by atoms with Crippen molar-refractivity contribution in [2.45, 2.75) is 6.10 Å². The van der Waals surface area contributed by atoms with E-state index in [1.54, 1.807) is 12.1 Å². The van der Waals surface area contributed by atoms with Crippen LogP contribution in [0.4, 0.5) is 0 Å². The lowest BCUT2D eigenvalue weighted by atomic mass is 10.1. The first-order chi connectivity index (χ1) is 7.09. The summed E-state index contributed by atoms with van der Waals surface area (Å²) in [6, 6.07) is 6.04. The van der Waals surface area contributed by atoms with Crippen molar-refractivity contribution in [3.8, 4) is 5.75 Å². The van der Waals surface area contributed by atoms with Gasteiger partial charge in [-0.25, -0.2) is 0 Å². The third-order valence-corrected chi connectivity index (χ3v) is 2.12. The minimum absolute atomic E-state index is 0.0221. The van der Waals surface area contributed by atoms with E-state index < -0.39 is 17.6 Å². The quantitative estimate of drug-likeness (QED) is 0.630. The summed E-state index contributed by atoms with van der Waals surface area (Å²) >= 11 is 0. The van der Waals surface area contributed by atoms with Crippen LogP contribution < -0.4 is 5.73 Å². The first-order valence-electron chi connectivity index (χ1n) is 4.28. The van der Waals surface area contributed by atoms with Crippen LogP contribution in [0.1, 0.15) is 11.7 Å². The predicted octanol–water partition coefficient (Wildman–Crippen LogP) is 0.718. The molecule has 15 heavy (non-hydrogen) atoms. The Balaban J connectivity index is 2.33. The number of carbonyl (C=O) groups is 1. The van der Waals surface area contributed by atoms with E-state index in [4.69, 9.17) is 10.5 Å². The number of rotatable bonds is 1. The number of phenolic OH excluding ortho intramolecular Hbond substituents is 1. The molecule has 4 N–H and O–H groups in total. The van der Waals surface area contributed by atoms with Gasteiger partial charge in [0.15, 0.2) is 6.10 Å². The number of carbonyl (C=O) groups excluding carboxylic acids is 1. The highest BCUT2D eigenvalue weighted by Gasteiger charge is 2.35. The van der Waals surface area contributed by atoms with Crippen molar-refractivity contribution in [1.82, 2.24) is 0 Å². The molecule has 0 bridgehead atoms. The highest BCUT2D eigenvalue weighted by Crippen LogP contribution is 2.30. The van der Waals surface area contributed by atoms with Crippen molar-refractivity contribution < 1.29 is 19.7 Å². The van der Waals surface area contributed by atoms with Gasteiger partial charge in [-0.05, 0) is 12.1 Å². The first kappa shape index (κ1) is 9.39. The summed E-state index contributed by atoms with van der Waals surface area (Å²) in [4.78, 5) is 11.4. The van der Waals surface area contributed by atoms with E-state index in [2.05, 4.69) is 0 Å². The van der Waals surface area contributed by atoms with Crippen LogP contribution in [0.25, 0.3) is 0 Å². The van der Waals surface area contributed by atoms with E-state index in [1.165, 1.54) is 12.1 Å². The topological polar surface area (TPSA) is 92.8 Å². The normalized spacial score (nSPS) is 20.5. The zero-order valence-electron chi connectivity index (χ0n) is 7.68. The maximum Gasteiger partial charge on any atom is 0.247 e. The molecule has 78 valence electrons. The van der Waals surface area contributed by atoms with Gasteiger partial charge in [0.25, 0.3) is 0 Å². The summed E-state index contributed by atoms with van der Waals surface area (Å²) in [7, 11) is 0.